The molecule has 2 aromatic rings. The molecule has 1 amide bonds. The van der Waals surface area contributed by atoms with Crippen molar-refractivity contribution in [3.63, 3.8) is 0 Å². The number of carbonyl (C=O) groups is 1. The van der Waals surface area contributed by atoms with Crippen molar-refractivity contribution in [2.75, 3.05) is 5.32 Å². The molecule has 0 saturated carbocycles. The number of amides is 1. The fourth-order valence-corrected chi connectivity index (χ4v) is 1.77. The number of hydroxylamine groups is 1. The third kappa shape index (κ3) is 4.77. The van der Waals surface area contributed by atoms with Crippen LogP contribution in [0.3, 0.4) is 0 Å². The van der Waals surface area contributed by atoms with Gasteiger partial charge in [0.2, 0.25) is 0 Å². The second-order valence-electron chi connectivity index (χ2n) is 4.91. The molecular weight excluding hydrogens is 355 g/mol. The first-order chi connectivity index (χ1) is 12.2. The Kier molecular flexibility index (Phi) is 5.52. The number of alkyl halides is 3. The molecule has 0 atom stereocenters. The number of halogens is 3. The zero-order valence-corrected chi connectivity index (χ0v) is 13.0. The Balaban J connectivity index is 2.09. The van der Waals surface area contributed by atoms with Crippen LogP contribution in [0.25, 0.3) is 11.3 Å². The van der Waals surface area contributed by atoms with Crippen LogP contribution in [0.4, 0.5) is 19.2 Å². The zero-order chi connectivity index (χ0) is 19.3. The Morgan fingerprint density at radius 2 is 1.85 bits per heavy atom. The maximum absolute atomic E-state index is 12.6. The van der Waals surface area contributed by atoms with Crippen molar-refractivity contribution in [2.24, 2.45) is 11.5 Å². The van der Waals surface area contributed by atoms with Crippen LogP contribution in [-0.4, -0.2) is 16.1 Å². The fraction of sp³-hybridized carbons (Fsp3) is 0.0667. The van der Waals surface area contributed by atoms with E-state index < -0.39 is 17.6 Å². The molecule has 26 heavy (non-hydrogen) atoms. The smallest absolute Gasteiger partial charge is 0.416 e. The van der Waals surface area contributed by atoms with Crippen molar-refractivity contribution in [1.29, 1.82) is 0 Å². The number of nitrogens with two attached hydrogens (primary N) is 2. The van der Waals surface area contributed by atoms with Gasteiger partial charge in [0.05, 0.1) is 17.5 Å². The van der Waals surface area contributed by atoms with Crippen LogP contribution >= 0.6 is 0 Å². The lowest BCUT2D eigenvalue weighted by Gasteiger charge is -2.06. The molecule has 1 aromatic carbocycles. The summed E-state index contributed by atoms with van der Waals surface area (Å²) in [5.74, 6) is -0.669. The van der Waals surface area contributed by atoms with Crippen molar-refractivity contribution < 1.29 is 27.6 Å². The molecule has 0 fully saturated rings. The minimum absolute atomic E-state index is 0.0134. The number of nitrogens with one attached hydrogen (secondary N) is 2. The summed E-state index contributed by atoms with van der Waals surface area (Å²) in [5, 5.41) is 11.0. The molecular formula is C15H14F3N5O3. The number of oxazole rings is 1. The summed E-state index contributed by atoms with van der Waals surface area (Å²) < 4.78 is 43.0. The van der Waals surface area contributed by atoms with Crippen LogP contribution in [-0.2, 0) is 11.0 Å². The molecule has 1 aromatic heterocycles. The highest BCUT2D eigenvalue weighted by Crippen LogP contribution is 2.31. The van der Waals surface area contributed by atoms with Gasteiger partial charge in [-0.1, -0.05) is 12.1 Å². The minimum atomic E-state index is -4.42. The molecule has 1 heterocycles. The number of anilines is 1. The van der Waals surface area contributed by atoms with Gasteiger partial charge in [-0.2, -0.15) is 13.2 Å². The summed E-state index contributed by atoms with van der Waals surface area (Å²) in [7, 11) is 0. The second kappa shape index (κ2) is 7.61. The largest absolute Gasteiger partial charge is 0.423 e. The third-order valence-electron chi connectivity index (χ3n) is 3.06. The molecule has 2 rings (SSSR count). The molecule has 0 spiro atoms. The molecule has 0 saturated heterocycles. The molecule has 0 bridgehead atoms. The molecule has 0 radical (unpaired) electrons. The average Bonchev–Trinajstić information content (AvgIpc) is 3.06. The fourth-order valence-electron chi connectivity index (χ4n) is 1.77. The summed E-state index contributed by atoms with van der Waals surface area (Å²) >= 11 is 0. The summed E-state index contributed by atoms with van der Waals surface area (Å²) in [5.41, 5.74) is 11.6. The van der Waals surface area contributed by atoms with Crippen LogP contribution < -0.4 is 22.3 Å². The Morgan fingerprint density at radius 3 is 2.42 bits per heavy atom. The van der Waals surface area contributed by atoms with E-state index in [1.54, 1.807) is 0 Å². The minimum Gasteiger partial charge on any atom is -0.423 e. The van der Waals surface area contributed by atoms with E-state index >= 15 is 0 Å². The van der Waals surface area contributed by atoms with Crippen LogP contribution in [0.15, 0.2) is 58.5 Å². The van der Waals surface area contributed by atoms with E-state index in [9.17, 15) is 18.0 Å². The van der Waals surface area contributed by atoms with Gasteiger partial charge in [-0.15, -0.1) is 0 Å². The number of hydrogen-bond acceptors (Lipinski definition) is 7. The Morgan fingerprint density at radius 1 is 1.19 bits per heavy atom. The van der Waals surface area contributed by atoms with Crippen molar-refractivity contribution in [1.82, 2.24) is 10.5 Å². The van der Waals surface area contributed by atoms with Gasteiger partial charge in [0.25, 0.3) is 5.91 Å². The Bertz CT molecular complexity index is 841. The summed E-state index contributed by atoms with van der Waals surface area (Å²) in [6.45, 7) is 0. The van der Waals surface area contributed by atoms with Gasteiger partial charge in [-0.3, -0.25) is 15.3 Å². The Labute approximate surface area is 144 Å². The summed E-state index contributed by atoms with van der Waals surface area (Å²) in [6, 6.07) is 4.34. The maximum atomic E-state index is 12.6. The highest BCUT2D eigenvalue weighted by Gasteiger charge is 2.30. The van der Waals surface area contributed by atoms with E-state index in [0.717, 1.165) is 18.2 Å². The molecule has 0 unspecified atom stereocenters. The summed E-state index contributed by atoms with van der Waals surface area (Å²) in [6.07, 6.45) is -0.754. The number of carbonyl (C=O) groups excluding carboxylic acids is 1. The number of allylic oxidation sites excluding steroid dienone is 2. The SMILES string of the molecule is N/C(=C\C=C(/N)Nc1ncc(-c2ccc(C(F)(F)F)cc2)o1)C(=O)NO. The zero-order valence-electron chi connectivity index (χ0n) is 13.0. The average molecular weight is 369 g/mol. The van der Waals surface area contributed by atoms with E-state index in [4.69, 9.17) is 21.1 Å². The van der Waals surface area contributed by atoms with Gasteiger partial charge in [0, 0.05) is 5.56 Å². The monoisotopic (exact) mass is 369 g/mol. The molecule has 8 nitrogen and oxygen atoms in total. The van der Waals surface area contributed by atoms with Gasteiger partial charge in [-0.25, -0.2) is 10.5 Å². The molecule has 0 aliphatic carbocycles. The van der Waals surface area contributed by atoms with Crippen molar-refractivity contribution in [3.8, 4) is 11.3 Å². The highest BCUT2D eigenvalue weighted by atomic mass is 19.4. The van der Waals surface area contributed by atoms with Crippen LogP contribution in [0.1, 0.15) is 5.56 Å². The van der Waals surface area contributed by atoms with Gasteiger partial charge in [0.15, 0.2) is 5.76 Å². The van der Waals surface area contributed by atoms with Gasteiger partial charge in [-0.05, 0) is 24.3 Å². The maximum Gasteiger partial charge on any atom is 0.416 e. The molecule has 0 aliphatic heterocycles. The van der Waals surface area contributed by atoms with Crippen molar-refractivity contribution in [2.45, 2.75) is 6.18 Å². The predicted octanol–water partition coefficient (Wildman–Crippen LogP) is 1.92. The van der Waals surface area contributed by atoms with E-state index in [0.29, 0.717) is 5.56 Å². The molecule has 138 valence electrons. The number of hydrogen-bond donors (Lipinski definition) is 5. The Hall–Kier alpha value is -3.47. The first-order valence-corrected chi connectivity index (χ1v) is 6.98. The van der Waals surface area contributed by atoms with Crippen LogP contribution in [0.2, 0.25) is 0 Å². The predicted molar refractivity (Wildman–Crippen MR) is 85.0 cm³/mol. The van der Waals surface area contributed by atoms with E-state index in [2.05, 4.69) is 10.3 Å². The highest BCUT2D eigenvalue weighted by molar-refractivity contribution is 5.91. The van der Waals surface area contributed by atoms with Gasteiger partial charge >= 0.3 is 12.2 Å². The van der Waals surface area contributed by atoms with Gasteiger partial charge in [0.1, 0.15) is 5.82 Å². The van der Waals surface area contributed by atoms with Crippen LogP contribution in [0, 0.1) is 0 Å². The summed E-state index contributed by atoms with van der Waals surface area (Å²) in [4.78, 5) is 14.9. The lowest BCUT2D eigenvalue weighted by Crippen LogP contribution is -2.25. The van der Waals surface area contributed by atoms with E-state index in [1.165, 1.54) is 29.9 Å². The lowest BCUT2D eigenvalue weighted by atomic mass is 10.1. The molecule has 0 aliphatic rings. The topological polar surface area (TPSA) is 139 Å². The molecule has 11 heteroatoms. The quantitative estimate of drug-likeness (QED) is 0.235. The lowest BCUT2D eigenvalue weighted by molar-refractivity contribution is -0.137. The normalized spacial score (nSPS) is 12.8. The van der Waals surface area contributed by atoms with E-state index in [1.807, 2.05) is 0 Å². The first kappa shape index (κ1) is 18.9. The number of benzene rings is 1. The number of rotatable bonds is 5. The number of nitrogens with zero attached hydrogens (tertiary/aromatic N) is 1. The van der Waals surface area contributed by atoms with Gasteiger partial charge < -0.3 is 15.9 Å². The second-order valence-corrected chi connectivity index (χ2v) is 4.91. The first-order valence-electron chi connectivity index (χ1n) is 6.98. The third-order valence-corrected chi connectivity index (χ3v) is 3.06. The van der Waals surface area contributed by atoms with E-state index in [-0.39, 0.29) is 23.3 Å². The van der Waals surface area contributed by atoms with Crippen molar-refractivity contribution in [3.05, 3.63) is 59.7 Å². The van der Waals surface area contributed by atoms with Crippen LogP contribution in [0.5, 0.6) is 0 Å². The van der Waals surface area contributed by atoms with Crippen molar-refractivity contribution >= 4 is 11.9 Å². The number of aromatic nitrogens is 1. The molecule has 7 N–H and O–H groups in total. The standard InChI is InChI=1S/C15H14F3N5O3/c16-15(17,18)9-3-1-8(2-4-9)11-7-21-14(26-11)22-12(20)6-5-10(19)13(24)23-25/h1-7,25H,19-20H2,(H,21,22)(H,23,24)/b10-5-,12-6+.